The number of hydrogen-bond acceptors (Lipinski definition) is 2. The Bertz CT molecular complexity index is 132. The molecule has 0 aromatic rings. The van der Waals surface area contributed by atoms with Crippen LogP contribution in [0.4, 0.5) is 0 Å². The lowest BCUT2D eigenvalue weighted by Gasteiger charge is -2.09. The standard InChI is InChI=1S/C15H32O2/c1-3-10-14(16)12-8-6-5-7-9-13-15(17)11-4-2/h14-17H,3-13H2,1-2H3. The highest BCUT2D eigenvalue weighted by Crippen LogP contribution is 2.13. The third-order valence-corrected chi connectivity index (χ3v) is 3.32. The second kappa shape index (κ2) is 12.4. The normalized spacial score (nSPS) is 14.8. The predicted molar refractivity (Wildman–Crippen MR) is 74.1 cm³/mol. The van der Waals surface area contributed by atoms with Gasteiger partial charge in [-0.25, -0.2) is 0 Å². The molecule has 0 heterocycles. The molecule has 0 fully saturated rings. The number of aliphatic hydroxyl groups excluding tert-OH is 2. The van der Waals surface area contributed by atoms with Gasteiger partial charge in [0.15, 0.2) is 0 Å². The molecular weight excluding hydrogens is 212 g/mol. The highest BCUT2D eigenvalue weighted by molar-refractivity contribution is 4.57. The first-order valence-corrected chi connectivity index (χ1v) is 7.56. The van der Waals surface area contributed by atoms with Crippen LogP contribution in [0, 0.1) is 0 Å². The molecule has 0 radical (unpaired) electrons. The topological polar surface area (TPSA) is 40.5 Å². The summed E-state index contributed by atoms with van der Waals surface area (Å²) in [5, 5.41) is 19.1. The Labute approximate surface area is 107 Å². The number of unbranched alkanes of at least 4 members (excludes halogenated alkanes) is 4. The summed E-state index contributed by atoms with van der Waals surface area (Å²) in [5.41, 5.74) is 0. The van der Waals surface area contributed by atoms with E-state index in [2.05, 4.69) is 13.8 Å². The summed E-state index contributed by atoms with van der Waals surface area (Å²) < 4.78 is 0. The molecule has 0 aliphatic rings. The first-order chi connectivity index (χ1) is 8.20. The minimum atomic E-state index is -0.0774. The van der Waals surface area contributed by atoms with Gasteiger partial charge in [-0.1, -0.05) is 58.8 Å². The minimum Gasteiger partial charge on any atom is -0.393 e. The second-order valence-electron chi connectivity index (χ2n) is 5.23. The van der Waals surface area contributed by atoms with Gasteiger partial charge in [-0.15, -0.1) is 0 Å². The highest BCUT2D eigenvalue weighted by atomic mass is 16.3. The van der Waals surface area contributed by atoms with Gasteiger partial charge in [-0.05, 0) is 25.7 Å². The van der Waals surface area contributed by atoms with Crippen LogP contribution in [0.5, 0.6) is 0 Å². The maximum Gasteiger partial charge on any atom is 0.0540 e. The van der Waals surface area contributed by atoms with Crippen molar-refractivity contribution in [2.45, 2.75) is 96.7 Å². The molecule has 0 aromatic carbocycles. The lowest BCUT2D eigenvalue weighted by molar-refractivity contribution is 0.147. The first kappa shape index (κ1) is 16.9. The van der Waals surface area contributed by atoms with Crippen molar-refractivity contribution >= 4 is 0 Å². The molecular formula is C15H32O2. The number of aliphatic hydroxyl groups is 2. The largest absolute Gasteiger partial charge is 0.393 e. The fraction of sp³-hybridized carbons (Fsp3) is 1.00. The summed E-state index contributed by atoms with van der Waals surface area (Å²) in [4.78, 5) is 0. The SMILES string of the molecule is CCCC(O)CCCCCCCC(O)CCC. The molecule has 0 rings (SSSR count). The summed E-state index contributed by atoms with van der Waals surface area (Å²) in [7, 11) is 0. The van der Waals surface area contributed by atoms with E-state index in [-0.39, 0.29) is 12.2 Å². The van der Waals surface area contributed by atoms with Crippen LogP contribution in [0.3, 0.4) is 0 Å². The molecule has 0 bridgehead atoms. The molecule has 0 aromatic heterocycles. The molecule has 2 nitrogen and oxygen atoms in total. The summed E-state index contributed by atoms with van der Waals surface area (Å²) in [6, 6.07) is 0. The van der Waals surface area contributed by atoms with E-state index in [1.807, 2.05) is 0 Å². The molecule has 2 heteroatoms. The van der Waals surface area contributed by atoms with Crippen LogP contribution in [-0.4, -0.2) is 22.4 Å². The van der Waals surface area contributed by atoms with E-state index < -0.39 is 0 Å². The van der Waals surface area contributed by atoms with Crippen LogP contribution < -0.4 is 0 Å². The van der Waals surface area contributed by atoms with Gasteiger partial charge in [-0.2, -0.15) is 0 Å². The van der Waals surface area contributed by atoms with Crippen molar-refractivity contribution in [1.82, 2.24) is 0 Å². The van der Waals surface area contributed by atoms with Crippen molar-refractivity contribution in [2.75, 3.05) is 0 Å². The van der Waals surface area contributed by atoms with Crippen LogP contribution in [0.15, 0.2) is 0 Å². The van der Waals surface area contributed by atoms with E-state index >= 15 is 0 Å². The quantitative estimate of drug-likeness (QED) is 0.509. The summed E-state index contributed by atoms with van der Waals surface area (Å²) in [5.74, 6) is 0. The zero-order valence-electron chi connectivity index (χ0n) is 11.8. The van der Waals surface area contributed by atoms with E-state index in [4.69, 9.17) is 0 Å². The van der Waals surface area contributed by atoms with Crippen molar-refractivity contribution < 1.29 is 10.2 Å². The molecule has 17 heavy (non-hydrogen) atoms. The minimum absolute atomic E-state index is 0.0774. The Morgan fingerprint density at radius 2 is 0.941 bits per heavy atom. The van der Waals surface area contributed by atoms with Gasteiger partial charge in [0.2, 0.25) is 0 Å². The molecule has 0 saturated heterocycles. The molecule has 0 amide bonds. The molecule has 0 spiro atoms. The Hall–Kier alpha value is -0.0800. The van der Waals surface area contributed by atoms with E-state index in [0.717, 1.165) is 51.4 Å². The van der Waals surface area contributed by atoms with E-state index in [1.54, 1.807) is 0 Å². The zero-order chi connectivity index (χ0) is 12.9. The second-order valence-corrected chi connectivity index (χ2v) is 5.23. The Kier molecular flexibility index (Phi) is 12.3. The number of rotatable bonds is 12. The lowest BCUT2D eigenvalue weighted by Crippen LogP contribution is -2.05. The monoisotopic (exact) mass is 244 g/mol. The van der Waals surface area contributed by atoms with Gasteiger partial charge in [0, 0.05) is 0 Å². The average Bonchev–Trinajstić information content (AvgIpc) is 2.28. The van der Waals surface area contributed by atoms with Crippen LogP contribution >= 0.6 is 0 Å². The van der Waals surface area contributed by atoms with Crippen LogP contribution in [0.1, 0.15) is 84.5 Å². The van der Waals surface area contributed by atoms with Crippen LogP contribution in [-0.2, 0) is 0 Å². The van der Waals surface area contributed by atoms with Gasteiger partial charge < -0.3 is 10.2 Å². The molecule has 2 atom stereocenters. The smallest absolute Gasteiger partial charge is 0.0540 e. The molecule has 0 aliphatic carbocycles. The Morgan fingerprint density at radius 3 is 1.29 bits per heavy atom. The highest BCUT2D eigenvalue weighted by Gasteiger charge is 2.03. The number of hydrogen-bond donors (Lipinski definition) is 2. The maximum atomic E-state index is 9.55. The predicted octanol–water partition coefficient (Wildman–Crippen LogP) is 4.04. The Morgan fingerprint density at radius 1 is 0.588 bits per heavy atom. The molecule has 0 saturated carbocycles. The van der Waals surface area contributed by atoms with Crippen LogP contribution in [0.25, 0.3) is 0 Å². The van der Waals surface area contributed by atoms with Gasteiger partial charge in [-0.3, -0.25) is 0 Å². The summed E-state index contributed by atoms with van der Waals surface area (Å²) in [6.45, 7) is 4.23. The van der Waals surface area contributed by atoms with Gasteiger partial charge in [0.05, 0.1) is 12.2 Å². The third kappa shape index (κ3) is 12.2. The fourth-order valence-electron chi connectivity index (χ4n) is 2.25. The van der Waals surface area contributed by atoms with Gasteiger partial charge >= 0.3 is 0 Å². The molecule has 104 valence electrons. The Balaban J connectivity index is 3.13. The lowest BCUT2D eigenvalue weighted by atomic mass is 10.0. The third-order valence-electron chi connectivity index (χ3n) is 3.32. The molecule has 2 unspecified atom stereocenters. The van der Waals surface area contributed by atoms with Gasteiger partial charge in [0.25, 0.3) is 0 Å². The van der Waals surface area contributed by atoms with E-state index in [0.29, 0.717) is 0 Å². The van der Waals surface area contributed by atoms with Crippen molar-refractivity contribution in [1.29, 1.82) is 0 Å². The van der Waals surface area contributed by atoms with Crippen molar-refractivity contribution in [2.24, 2.45) is 0 Å². The summed E-state index contributed by atoms with van der Waals surface area (Å²) in [6.07, 6.45) is 11.8. The molecule has 2 N–H and O–H groups in total. The van der Waals surface area contributed by atoms with Crippen molar-refractivity contribution in [3.63, 3.8) is 0 Å². The van der Waals surface area contributed by atoms with E-state index in [1.165, 1.54) is 19.3 Å². The van der Waals surface area contributed by atoms with E-state index in [9.17, 15) is 10.2 Å². The first-order valence-electron chi connectivity index (χ1n) is 7.56. The molecule has 0 aliphatic heterocycles. The van der Waals surface area contributed by atoms with Gasteiger partial charge in [0.1, 0.15) is 0 Å². The van der Waals surface area contributed by atoms with Crippen LogP contribution in [0.2, 0.25) is 0 Å². The fourth-order valence-corrected chi connectivity index (χ4v) is 2.25. The average molecular weight is 244 g/mol. The zero-order valence-corrected chi connectivity index (χ0v) is 11.8. The summed E-state index contributed by atoms with van der Waals surface area (Å²) >= 11 is 0. The maximum absolute atomic E-state index is 9.55. The van der Waals surface area contributed by atoms with Crippen molar-refractivity contribution in [3.05, 3.63) is 0 Å². The van der Waals surface area contributed by atoms with Crippen molar-refractivity contribution in [3.8, 4) is 0 Å².